The fraction of sp³-hybridized carbons (Fsp3) is 0.250. The summed E-state index contributed by atoms with van der Waals surface area (Å²) in [6.07, 6.45) is -0.0639. The minimum Gasteiger partial charge on any atom is -0.378 e. The number of amides is 1. The maximum Gasteiger partial charge on any atom is 0.294 e. The van der Waals surface area contributed by atoms with Crippen molar-refractivity contribution in [1.29, 1.82) is 0 Å². The molecule has 0 aliphatic carbocycles. The van der Waals surface area contributed by atoms with Gasteiger partial charge in [-0.2, -0.15) is 0 Å². The molecule has 1 aromatic heterocycles. The second-order valence-electron chi connectivity index (χ2n) is 6.53. The SMILES string of the molecule is O=C(Cc1cccc(F)c1)Nn1nc(N2CCOCC2)c2ccccc2c1=O. The Bertz CT molecular complexity index is 1080. The molecule has 2 aromatic carbocycles. The number of benzene rings is 2. The molecule has 144 valence electrons. The smallest absolute Gasteiger partial charge is 0.294 e. The highest BCUT2D eigenvalue weighted by Gasteiger charge is 2.19. The van der Waals surface area contributed by atoms with Gasteiger partial charge in [-0.3, -0.25) is 9.59 Å². The third-order valence-corrected chi connectivity index (χ3v) is 4.58. The third-order valence-electron chi connectivity index (χ3n) is 4.58. The van der Waals surface area contributed by atoms with Crippen molar-refractivity contribution in [3.05, 3.63) is 70.3 Å². The Morgan fingerprint density at radius 2 is 1.86 bits per heavy atom. The third kappa shape index (κ3) is 3.72. The normalized spacial score (nSPS) is 14.2. The van der Waals surface area contributed by atoms with E-state index in [-0.39, 0.29) is 6.42 Å². The molecule has 1 amide bonds. The molecule has 0 saturated carbocycles. The van der Waals surface area contributed by atoms with E-state index in [4.69, 9.17) is 4.74 Å². The molecule has 1 aliphatic heterocycles. The fourth-order valence-corrected chi connectivity index (χ4v) is 3.25. The number of anilines is 1. The van der Waals surface area contributed by atoms with Gasteiger partial charge in [0.1, 0.15) is 5.82 Å². The highest BCUT2D eigenvalue weighted by atomic mass is 19.1. The van der Waals surface area contributed by atoms with Gasteiger partial charge in [0, 0.05) is 18.5 Å². The van der Waals surface area contributed by atoms with Crippen molar-refractivity contribution in [2.75, 3.05) is 36.6 Å². The van der Waals surface area contributed by atoms with Crippen molar-refractivity contribution in [3.8, 4) is 0 Å². The summed E-state index contributed by atoms with van der Waals surface area (Å²) in [5.41, 5.74) is 2.62. The lowest BCUT2D eigenvalue weighted by Gasteiger charge is -2.29. The molecule has 0 unspecified atom stereocenters. The highest BCUT2D eigenvalue weighted by molar-refractivity contribution is 5.92. The van der Waals surface area contributed by atoms with Crippen LogP contribution < -0.4 is 15.9 Å². The number of hydrogen-bond donors (Lipinski definition) is 1. The predicted molar refractivity (Wildman–Crippen MR) is 104 cm³/mol. The van der Waals surface area contributed by atoms with Gasteiger partial charge in [0.25, 0.3) is 5.56 Å². The summed E-state index contributed by atoms with van der Waals surface area (Å²) in [6.45, 7) is 2.43. The fourth-order valence-electron chi connectivity index (χ4n) is 3.25. The van der Waals surface area contributed by atoms with Crippen molar-refractivity contribution < 1.29 is 13.9 Å². The van der Waals surface area contributed by atoms with E-state index in [1.165, 1.54) is 18.2 Å². The average Bonchev–Trinajstić information content (AvgIpc) is 2.71. The molecule has 0 bridgehead atoms. The maximum atomic E-state index is 13.3. The zero-order chi connectivity index (χ0) is 19.5. The van der Waals surface area contributed by atoms with Crippen LogP contribution in [0, 0.1) is 5.82 Å². The average molecular weight is 382 g/mol. The molecule has 1 aliphatic rings. The first-order valence-electron chi connectivity index (χ1n) is 9.01. The van der Waals surface area contributed by atoms with Gasteiger partial charge in [0.05, 0.1) is 25.0 Å². The van der Waals surface area contributed by atoms with Gasteiger partial charge in [-0.1, -0.05) is 30.3 Å². The monoisotopic (exact) mass is 382 g/mol. The lowest BCUT2D eigenvalue weighted by Crippen LogP contribution is -2.41. The van der Waals surface area contributed by atoms with E-state index in [9.17, 15) is 14.0 Å². The number of rotatable bonds is 4. The van der Waals surface area contributed by atoms with Crippen LogP contribution in [-0.4, -0.2) is 42.1 Å². The van der Waals surface area contributed by atoms with Crippen molar-refractivity contribution in [2.45, 2.75) is 6.42 Å². The second kappa shape index (κ2) is 7.77. The summed E-state index contributed by atoms with van der Waals surface area (Å²) in [5.74, 6) is -0.256. The quantitative estimate of drug-likeness (QED) is 0.743. The van der Waals surface area contributed by atoms with Crippen LogP contribution in [0.2, 0.25) is 0 Å². The van der Waals surface area contributed by atoms with E-state index in [1.807, 2.05) is 17.0 Å². The lowest BCUT2D eigenvalue weighted by molar-refractivity contribution is -0.116. The summed E-state index contributed by atoms with van der Waals surface area (Å²) in [4.78, 5) is 28.2. The van der Waals surface area contributed by atoms with Gasteiger partial charge < -0.3 is 9.64 Å². The largest absolute Gasteiger partial charge is 0.378 e. The number of carbonyl (C=O) groups excluding carboxylic acids is 1. The predicted octanol–water partition coefficient (Wildman–Crippen LogP) is 1.69. The van der Waals surface area contributed by atoms with Crippen LogP contribution in [0.15, 0.2) is 53.3 Å². The van der Waals surface area contributed by atoms with Crippen LogP contribution in [-0.2, 0) is 16.0 Å². The number of ether oxygens (including phenoxy) is 1. The molecule has 4 rings (SSSR count). The van der Waals surface area contributed by atoms with Gasteiger partial charge in [-0.05, 0) is 23.8 Å². The molecule has 8 heteroatoms. The number of halogens is 1. The van der Waals surface area contributed by atoms with Crippen molar-refractivity contribution in [1.82, 2.24) is 9.89 Å². The summed E-state index contributed by atoms with van der Waals surface area (Å²) in [7, 11) is 0. The highest BCUT2D eigenvalue weighted by Crippen LogP contribution is 2.22. The molecule has 0 spiro atoms. The van der Waals surface area contributed by atoms with Crippen molar-refractivity contribution >= 4 is 22.5 Å². The van der Waals surface area contributed by atoms with Crippen LogP contribution in [0.3, 0.4) is 0 Å². The summed E-state index contributed by atoms with van der Waals surface area (Å²) < 4.78 is 18.7. The topological polar surface area (TPSA) is 76.5 Å². The van der Waals surface area contributed by atoms with Crippen molar-refractivity contribution in [2.24, 2.45) is 0 Å². The van der Waals surface area contributed by atoms with Gasteiger partial charge in [0.15, 0.2) is 5.82 Å². The van der Waals surface area contributed by atoms with E-state index < -0.39 is 17.3 Å². The molecule has 0 radical (unpaired) electrons. The summed E-state index contributed by atoms with van der Waals surface area (Å²) in [6, 6.07) is 13.0. The second-order valence-corrected chi connectivity index (χ2v) is 6.53. The lowest BCUT2D eigenvalue weighted by atomic mass is 10.1. The summed E-state index contributed by atoms with van der Waals surface area (Å²) >= 11 is 0. The molecule has 1 N–H and O–H groups in total. The molecular weight excluding hydrogens is 363 g/mol. The number of carbonyl (C=O) groups is 1. The zero-order valence-corrected chi connectivity index (χ0v) is 15.1. The van der Waals surface area contributed by atoms with Crippen LogP contribution in [0.1, 0.15) is 5.56 Å². The molecule has 1 saturated heterocycles. The van der Waals surface area contributed by atoms with Crippen LogP contribution >= 0.6 is 0 Å². The minimum absolute atomic E-state index is 0.0639. The Morgan fingerprint density at radius 3 is 2.61 bits per heavy atom. The van der Waals surface area contributed by atoms with Crippen LogP contribution in [0.25, 0.3) is 10.8 Å². The first kappa shape index (κ1) is 18.1. The Balaban J connectivity index is 1.67. The molecule has 1 fully saturated rings. The summed E-state index contributed by atoms with van der Waals surface area (Å²) in [5, 5.41) is 5.58. The van der Waals surface area contributed by atoms with Crippen molar-refractivity contribution in [3.63, 3.8) is 0 Å². The number of nitrogens with one attached hydrogen (secondary N) is 1. The number of aromatic nitrogens is 2. The number of fused-ring (bicyclic) bond motifs is 1. The van der Waals surface area contributed by atoms with Gasteiger partial charge in [-0.25, -0.2) is 9.82 Å². The molecule has 2 heterocycles. The molecule has 0 atom stereocenters. The Labute approximate surface area is 160 Å². The Hall–Kier alpha value is -3.26. The first-order chi connectivity index (χ1) is 13.6. The molecule has 28 heavy (non-hydrogen) atoms. The van der Waals surface area contributed by atoms with Crippen LogP contribution in [0.5, 0.6) is 0 Å². The molecule has 7 nitrogen and oxygen atoms in total. The maximum absolute atomic E-state index is 13.3. The number of morpholine rings is 1. The number of hydrogen-bond acceptors (Lipinski definition) is 5. The van der Waals surface area contributed by atoms with E-state index in [0.29, 0.717) is 43.1 Å². The van der Waals surface area contributed by atoms with E-state index in [2.05, 4.69) is 10.5 Å². The first-order valence-corrected chi connectivity index (χ1v) is 9.01. The minimum atomic E-state index is -0.455. The Morgan fingerprint density at radius 1 is 1.11 bits per heavy atom. The van der Waals surface area contributed by atoms with E-state index in [0.717, 1.165) is 10.2 Å². The molecular formula is C20H19FN4O3. The number of nitrogens with zero attached hydrogens (tertiary/aromatic N) is 3. The van der Waals surface area contributed by atoms with Gasteiger partial charge in [-0.15, -0.1) is 9.89 Å². The Kier molecular flexibility index (Phi) is 5.03. The van der Waals surface area contributed by atoms with Crippen LogP contribution in [0.4, 0.5) is 10.2 Å². The van der Waals surface area contributed by atoms with Gasteiger partial charge >= 0.3 is 0 Å². The standard InChI is InChI=1S/C20H19FN4O3/c21-15-5-3-4-14(12-15)13-18(26)22-25-20(27)17-7-2-1-6-16(17)19(23-25)24-8-10-28-11-9-24/h1-7,12H,8-11,13H2,(H,22,26). The zero-order valence-electron chi connectivity index (χ0n) is 15.1. The molecule has 3 aromatic rings. The van der Waals surface area contributed by atoms with E-state index in [1.54, 1.807) is 18.2 Å². The van der Waals surface area contributed by atoms with E-state index >= 15 is 0 Å². The van der Waals surface area contributed by atoms with Gasteiger partial charge in [0.2, 0.25) is 5.91 Å².